The first-order chi connectivity index (χ1) is 11.7. The van der Waals surface area contributed by atoms with Gasteiger partial charge in [-0.25, -0.2) is 9.37 Å². The van der Waals surface area contributed by atoms with Gasteiger partial charge in [-0.2, -0.15) is 5.26 Å². The molecule has 1 unspecified atom stereocenters. The molecule has 0 aliphatic carbocycles. The summed E-state index contributed by atoms with van der Waals surface area (Å²) in [6.07, 6.45) is 4.66. The molecule has 1 fully saturated rings. The molecule has 0 radical (unpaired) electrons. The second-order valence-corrected chi connectivity index (χ2v) is 5.98. The van der Waals surface area contributed by atoms with Crippen LogP contribution >= 0.6 is 0 Å². The summed E-state index contributed by atoms with van der Waals surface area (Å²) in [6.45, 7) is 3.35. The number of nitriles is 1. The first kappa shape index (κ1) is 16.3. The van der Waals surface area contributed by atoms with Gasteiger partial charge in [0.25, 0.3) is 0 Å². The van der Waals surface area contributed by atoms with Crippen molar-refractivity contribution in [3.05, 3.63) is 53.5 Å². The molecule has 1 saturated heterocycles. The summed E-state index contributed by atoms with van der Waals surface area (Å²) in [4.78, 5) is 6.22. The van der Waals surface area contributed by atoms with Crippen LogP contribution in [-0.2, 0) is 6.42 Å². The van der Waals surface area contributed by atoms with Gasteiger partial charge in [0, 0.05) is 25.2 Å². The molecule has 2 aromatic rings. The predicted molar refractivity (Wildman–Crippen MR) is 90.6 cm³/mol. The maximum Gasteiger partial charge on any atom is 0.213 e. The highest BCUT2D eigenvalue weighted by Gasteiger charge is 2.28. The molecule has 1 aromatic carbocycles. The van der Waals surface area contributed by atoms with Crippen LogP contribution in [0.15, 0.2) is 36.5 Å². The summed E-state index contributed by atoms with van der Waals surface area (Å²) in [5, 5.41) is 9.19. The summed E-state index contributed by atoms with van der Waals surface area (Å²) < 4.78 is 20.0. The zero-order valence-electron chi connectivity index (χ0n) is 13.7. The fraction of sp³-hybridized carbons (Fsp3) is 0.368. The van der Waals surface area contributed by atoms with Crippen molar-refractivity contribution in [2.75, 3.05) is 18.0 Å². The maximum atomic E-state index is 14.1. The molecule has 0 N–H and O–H groups in total. The number of aromatic nitrogens is 1. The molecule has 1 aliphatic rings. The van der Waals surface area contributed by atoms with Gasteiger partial charge in [0.1, 0.15) is 18.0 Å². The standard InChI is InChI=1S/C19H20FN3O/c1-2-4-14-7-8-18(22-12-14)24-16-9-10-23(13-16)19-15(11-21)5-3-6-17(19)20/h3,5-8,12,16H,2,4,9-10,13H2,1H3. The minimum atomic E-state index is -0.364. The Morgan fingerprint density at radius 2 is 2.25 bits per heavy atom. The molecule has 3 rings (SSSR count). The van der Waals surface area contributed by atoms with Crippen molar-refractivity contribution in [2.45, 2.75) is 32.3 Å². The van der Waals surface area contributed by atoms with Crippen LogP contribution in [0.4, 0.5) is 10.1 Å². The molecular weight excluding hydrogens is 305 g/mol. The van der Waals surface area contributed by atoms with Crippen molar-refractivity contribution >= 4 is 5.69 Å². The van der Waals surface area contributed by atoms with Gasteiger partial charge in [-0.3, -0.25) is 0 Å². The number of halogens is 1. The summed E-state index contributed by atoms with van der Waals surface area (Å²) >= 11 is 0. The number of rotatable bonds is 5. The number of ether oxygens (including phenoxy) is 1. The molecule has 0 spiro atoms. The van der Waals surface area contributed by atoms with Crippen LogP contribution in [0.25, 0.3) is 0 Å². The quantitative estimate of drug-likeness (QED) is 0.841. The molecule has 24 heavy (non-hydrogen) atoms. The molecule has 1 atom stereocenters. The SMILES string of the molecule is CCCc1ccc(OC2CCN(c3c(F)cccc3C#N)C2)nc1. The highest BCUT2D eigenvalue weighted by Crippen LogP contribution is 2.28. The van der Waals surface area contributed by atoms with E-state index in [0.717, 1.165) is 19.3 Å². The lowest BCUT2D eigenvalue weighted by atomic mass is 10.1. The lowest BCUT2D eigenvalue weighted by Gasteiger charge is -2.20. The highest BCUT2D eigenvalue weighted by molar-refractivity contribution is 5.60. The molecule has 5 heteroatoms. The number of aryl methyl sites for hydroxylation is 1. The molecule has 0 amide bonds. The smallest absolute Gasteiger partial charge is 0.213 e. The summed E-state index contributed by atoms with van der Waals surface area (Å²) in [7, 11) is 0. The number of para-hydroxylation sites is 1. The lowest BCUT2D eigenvalue weighted by molar-refractivity contribution is 0.215. The fourth-order valence-electron chi connectivity index (χ4n) is 3.04. The van der Waals surface area contributed by atoms with Gasteiger partial charge in [-0.05, 0) is 24.1 Å². The summed E-state index contributed by atoms with van der Waals surface area (Å²) in [5.74, 6) is 0.229. The third kappa shape index (κ3) is 3.48. The van der Waals surface area contributed by atoms with E-state index in [1.165, 1.54) is 11.6 Å². The van der Waals surface area contributed by atoms with Crippen molar-refractivity contribution in [1.29, 1.82) is 5.26 Å². The molecule has 1 aliphatic heterocycles. The van der Waals surface area contributed by atoms with E-state index in [-0.39, 0.29) is 11.9 Å². The highest BCUT2D eigenvalue weighted by atomic mass is 19.1. The molecular formula is C19H20FN3O. The van der Waals surface area contributed by atoms with Gasteiger partial charge in [0.2, 0.25) is 5.88 Å². The molecule has 4 nitrogen and oxygen atoms in total. The van der Waals surface area contributed by atoms with E-state index in [1.54, 1.807) is 12.1 Å². The normalized spacial score (nSPS) is 16.9. The third-order valence-corrected chi connectivity index (χ3v) is 4.19. The largest absolute Gasteiger partial charge is 0.472 e. The van der Waals surface area contributed by atoms with E-state index in [2.05, 4.69) is 18.0 Å². The Balaban J connectivity index is 1.67. The molecule has 0 saturated carbocycles. The van der Waals surface area contributed by atoms with Gasteiger partial charge in [-0.15, -0.1) is 0 Å². The Bertz CT molecular complexity index is 739. The number of hydrogen-bond acceptors (Lipinski definition) is 4. The monoisotopic (exact) mass is 325 g/mol. The first-order valence-electron chi connectivity index (χ1n) is 8.26. The van der Waals surface area contributed by atoms with Crippen LogP contribution < -0.4 is 9.64 Å². The van der Waals surface area contributed by atoms with E-state index in [0.29, 0.717) is 30.2 Å². The number of pyridine rings is 1. The zero-order valence-corrected chi connectivity index (χ0v) is 13.7. The molecule has 124 valence electrons. The minimum absolute atomic E-state index is 0.0549. The van der Waals surface area contributed by atoms with E-state index in [9.17, 15) is 9.65 Å². The lowest BCUT2D eigenvalue weighted by Crippen LogP contribution is -2.26. The Kier molecular flexibility index (Phi) is 4.95. The Morgan fingerprint density at radius 3 is 2.96 bits per heavy atom. The van der Waals surface area contributed by atoms with Gasteiger partial charge in [-0.1, -0.05) is 25.5 Å². The van der Waals surface area contributed by atoms with E-state index in [1.807, 2.05) is 23.2 Å². The predicted octanol–water partition coefficient (Wildman–Crippen LogP) is 3.70. The van der Waals surface area contributed by atoms with E-state index < -0.39 is 0 Å². The Hall–Kier alpha value is -2.61. The van der Waals surface area contributed by atoms with Crippen molar-refractivity contribution in [3.8, 4) is 11.9 Å². The van der Waals surface area contributed by atoms with Crippen molar-refractivity contribution in [2.24, 2.45) is 0 Å². The average Bonchev–Trinajstić information content (AvgIpc) is 3.04. The zero-order chi connectivity index (χ0) is 16.9. The third-order valence-electron chi connectivity index (χ3n) is 4.19. The van der Waals surface area contributed by atoms with Gasteiger partial charge in [0.05, 0.1) is 17.8 Å². The first-order valence-corrected chi connectivity index (χ1v) is 8.26. The second-order valence-electron chi connectivity index (χ2n) is 5.98. The van der Waals surface area contributed by atoms with Crippen molar-refractivity contribution in [3.63, 3.8) is 0 Å². The second kappa shape index (κ2) is 7.31. The fourth-order valence-corrected chi connectivity index (χ4v) is 3.04. The Labute approximate surface area is 141 Å². The van der Waals surface area contributed by atoms with Gasteiger partial charge >= 0.3 is 0 Å². The van der Waals surface area contributed by atoms with Gasteiger partial charge < -0.3 is 9.64 Å². The van der Waals surface area contributed by atoms with Crippen LogP contribution in [0.2, 0.25) is 0 Å². The van der Waals surface area contributed by atoms with E-state index >= 15 is 0 Å². The number of nitrogens with zero attached hydrogens (tertiary/aromatic N) is 3. The van der Waals surface area contributed by atoms with Crippen LogP contribution in [0.1, 0.15) is 30.9 Å². The van der Waals surface area contributed by atoms with Gasteiger partial charge in [0.15, 0.2) is 0 Å². The van der Waals surface area contributed by atoms with Crippen LogP contribution in [0.3, 0.4) is 0 Å². The van der Waals surface area contributed by atoms with Crippen LogP contribution in [0.5, 0.6) is 5.88 Å². The molecule has 1 aromatic heterocycles. The summed E-state index contributed by atoms with van der Waals surface area (Å²) in [6, 6.07) is 10.6. The van der Waals surface area contributed by atoms with Crippen LogP contribution in [-0.4, -0.2) is 24.2 Å². The molecule has 2 heterocycles. The number of benzene rings is 1. The maximum absolute atomic E-state index is 14.1. The average molecular weight is 325 g/mol. The minimum Gasteiger partial charge on any atom is -0.472 e. The number of anilines is 1. The van der Waals surface area contributed by atoms with Crippen molar-refractivity contribution < 1.29 is 9.13 Å². The molecule has 0 bridgehead atoms. The topological polar surface area (TPSA) is 49.1 Å². The van der Waals surface area contributed by atoms with Crippen molar-refractivity contribution in [1.82, 2.24) is 4.98 Å². The Morgan fingerprint density at radius 1 is 1.38 bits per heavy atom. The number of hydrogen-bond donors (Lipinski definition) is 0. The van der Waals surface area contributed by atoms with E-state index in [4.69, 9.17) is 4.74 Å². The summed E-state index contributed by atoms with van der Waals surface area (Å²) in [5.41, 5.74) is 1.93. The van der Waals surface area contributed by atoms with Crippen LogP contribution in [0, 0.1) is 17.1 Å².